The topological polar surface area (TPSA) is 35.8 Å². The average molecular weight is 208 g/mol. The Labute approximate surface area is 91.8 Å². The third-order valence-electron chi connectivity index (χ3n) is 2.63. The van der Waals surface area contributed by atoms with Gasteiger partial charge in [-0.05, 0) is 26.2 Å². The molecule has 0 bridgehead atoms. The molecule has 0 aromatic carbocycles. The van der Waals surface area contributed by atoms with Crippen molar-refractivity contribution in [3.8, 4) is 0 Å². The maximum absolute atomic E-state index is 9.57. The van der Waals surface area contributed by atoms with Gasteiger partial charge in [0.15, 0.2) is 0 Å². The lowest BCUT2D eigenvalue weighted by atomic mass is 10.3. The van der Waals surface area contributed by atoms with E-state index in [0.717, 1.165) is 30.9 Å². The predicted octanol–water partition coefficient (Wildman–Crippen LogP) is 2.87. The van der Waals surface area contributed by atoms with Crippen molar-refractivity contribution in [2.75, 3.05) is 13.1 Å². The Kier molecular flexibility index (Phi) is 4.40. The minimum Gasteiger partial charge on any atom is -0.493 e. The summed E-state index contributed by atoms with van der Waals surface area (Å²) in [5.74, 6) is 0.0613. The minimum absolute atomic E-state index is 0.0613. The van der Waals surface area contributed by atoms with Crippen LogP contribution in [0.3, 0.4) is 0 Å². The first-order valence-electron chi connectivity index (χ1n) is 5.52. The molecule has 3 nitrogen and oxygen atoms in total. The average Bonchev–Trinajstić information content (AvgIpc) is 2.70. The Morgan fingerprint density at radius 1 is 1.47 bits per heavy atom. The largest absolute Gasteiger partial charge is 0.493 e. The maximum atomic E-state index is 9.57. The predicted molar refractivity (Wildman–Crippen MR) is 64.1 cm³/mol. The minimum atomic E-state index is 0.0613. The second-order valence-corrected chi connectivity index (χ2v) is 3.89. The molecule has 84 valence electrons. The van der Waals surface area contributed by atoms with E-state index in [-0.39, 0.29) is 5.88 Å². The number of rotatable bonds is 4. The summed E-state index contributed by atoms with van der Waals surface area (Å²) in [5, 5.41) is 9.57. The molecular formula is C12H20N2O. The zero-order chi connectivity index (χ0) is 11.3. The van der Waals surface area contributed by atoms with Gasteiger partial charge >= 0.3 is 0 Å². The van der Waals surface area contributed by atoms with Crippen LogP contribution in [0.15, 0.2) is 29.2 Å². The van der Waals surface area contributed by atoms with Crippen molar-refractivity contribution >= 4 is 5.71 Å². The zero-order valence-corrected chi connectivity index (χ0v) is 9.66. The van der Waals surface area contributed by atoms with Crippen molar-refractivity contribution in [2.45, 2.75) is 33.1 Å². The fourth-order valence-corrected chi connectivity index (χ4v) is 1.55. The molecule has 0 spiro atoms. The van der Waals surface area contributed by atoms with E-state index in [1.54, 1.807) is 6.08 Å². The number of nitrogens with zero attached hydrogens (tertiary/aromatic N) is 2. The van der Waals surface area contributed by atoms with E-state index in [2.05, 4.69) is 16.5 Å². The van der Waals surface area contributed by atoms with Gasteiger partial charge in [0.05, 0.1) is 0 Å². The van der Waals surface area contributed by atoms with E-state index in [1.807, 2.05) is 13.8 Å². The number of aliphatic imine (C=N–C) groups is 1. The highest BCUT2D eigenvalue weighted by Crippen LogP contribution is 2.15. The Morgan fingerprint density at radius 3 is 2.60 bits per heavy atom. The highest BCUT2D eigenvalue weighted by molar-refractivity contribution is 5.82. The van der Waals surface area contributed by atoms with E-state index in [9.17, 15) is 5.11 Å². The smallest absolute Gasteiger partial charge is 0.212 e. The van der Waals surface area contributed by atoms with Crippen LogP contribution in [0.4, 0.5) is 0 Å². The van der Waals surface area contributed by atoms with Gasteiger partial charge in [0.2, 0.25) is 5.88 Å². The molecule has 0 aromatic heterocycles. The molecule has 0 saturated carbocycles. The molecule has 0 amide bonds. The van der Waals surface area contributed by atoms with Gasteiger partial charge in [-0.25, -0.2) is 4.99 Å². The van der Waals surface area contributed by atoms with Gasteiger partial charge in [0, 0.05) is 30.6 Å². The van der Waals surface area contributed by atoms with E-state index in [0.29, 0.717) is 0 Å². The molecule has 1 rings (SSSR count). The highest BCUT2D eigenvalue weighted by Gasteiger charge is 2.11. The summed E-state index contributed by atoms with van der Waals surface area (Å²) in [4.78, 5) is 6.23. The fraction of sp³-hybridized carbons (Fsp3) is 0.583. The van der Waals surface area contributed by atoms with Gasteiger partial charge in [-0.1, -0.05) is 13.5 Å². The van der Waals surface area contributed by atoms with Crippen LogP contribution >= 0.6 is 0 Å². The van der Waals surface area contributed by atoms with E-state index < -0.39 is 0 Å². The van der Waals surface area contributed by atoms with Gasteiger partial charge in [0.1, 0.15) is 0 Å². The van der Waals surface area contributed by atoms with Crippen LogP contribution in [0.5, 0.6) is 0 Å². The van der Waals surface area contributed by atoms with Crippen molar-refractivity contribution in [1.82, 2.24) is 4.90 Å². The molecule has 0 unspecified atom stereocenters. The van der Waals surface area contributed by atoms with Gasteiger partial charge in [-0.15, -0.1) is 0 Å². The summed E-state index contributed by atoms with van der Waals surface area (Å²) in [7, 11) is 0. The van der Waals surface area contributed by atoms with Crippen LogP contribution in [-0.4, -0.2) is 28.8 Å². The van der Waals surface area contributed by atoms with E-state index in [1.165, 1.54) is 12.8 Å². The normalized spacial score (nSPS) is 18.4. The van der Waals surface area contributed by atoms with Gasteiger partial charge in [0.25, 0.3) is 0 Å². The lowest BCUT2D eigenvalue weighted by molar-refractivity contribution is 0.394. The number of aliphatic hydroxyl groups excluding tert-OH is 1. The summed E-state index contributed by atoms with van der Waals surface area (Å²) in [5.41, 5.74) is 1.79. The Hall–Kier alpha value is -1.25. The molecular weight excluding hydrogens is 188 g/mol. The van der Waals surface area contributed by atoms with Gasteiger partial charge < -0.3 is 10.0 Å². The Balaban J connectivity index is 2.57. The fourth-order valence-electron chi connectivity index (χ4n) is 1.55. The lowest BCUT2D eigenvalue weighted by Gasteiger charge is -2.16. The molecule has 1 heterocycles. The summed E-state index contributed by atoms with van der Waals surface area (Å²) in [6, 6.07) is 0. The molecule has 1 saturated heterocycles. The summed E-state index contributed by atoms with van der Waals surface area (Å²) in [6.45, 7) is 9.93. The lowest BCUT2D eigenvalue weighted by Crippen LogP contribution is -2.16. The van der Waals surface area contributed by atoms with Crippen molar-refractivity contribution < 1.29 is 5.11 Å². The van der Waals surface area contributed by atoms with Crippen LogP contribution < -0.4 is 0 Å². The Morgan fingerprint density at radius 2 is 2.07 bits per heavy atom. The molecule has 1 aliphatic heterocycles. The second-order valence-electron chi connectivity index (χ2n) is 3.89. The number of aliphatic hydroxyl groups is 1. The Bertz CT molecular complexity index is 286. The molecule has 0 aliphatic carbocycles. The first kappa shape index (κ1) is 11.8. The molecule has 3 heteroatoms. The first-order valence-corrected chi connectivity index (χ1v) is 5.52. The molecule has 0 radical (unpaired) electrons. The van der Waals surface area contributed by atoms with Crippen molar-refractivity contribution in [1.29, 1.82) is 0 Å². The van der Waals surface area contributed by atoms with Crippen LogP contribution in [0, 0.1) is 0 Å². The highest BCUT2D eigenvalue weighted by atomic mass is 16.3. The third kappa shape index (κ3) is 3.78. The van der Waals surface area contributed by atoms with Crippen molar-refractivity contribution in [3.05, 3.63) is 24.2 Å². The second kappa shape index (κ2) is 5.59. The van der Waals surface area contributed by atoms with E-state index in [4.69, 9.17) is 0 Å². The SMILES string of the molecule is C=C(/C=C(O)\N=C(/C)CC)N1CCCC1. The van der Waals surface area contributed by atoms with Crippen molar-refractivity contribution in [2.24, 2.45) is 4.99 Å². The van der Waals surface area contributed by atoms with E-state index >= 15 is 0 Å². The molecule has 1 fully saturated rings. The van der Waals surface area contributed by atoms with Gasteiger partial charge in [-0.2, -0.15) is 0 Å². The molecule has 15 heavy (non-hydrogen) atoms. The van der Waals surface area contributed by atoms with Gasteiger partial charge in [-0.3, -0.25) is 0 Å². The van der Waals surface area contributed by atoms with Crippen LogP contribution in [0.1, 0.15) is 33.1 Å². The summed E-state index contributed by atoms with van der Waals surface area (Å²) in [6.07, 6.45) is 4.92. The summed E-state index contributed by atoms with van der Waals surface area (Å²) >= 11 is 0. The van der Waals surface area contributed by atoms with Crippen LogP contribution in [0.2, 0.25) is 0 Å². The number of hydrogen-bond acceptors (Lipinski definition) is 3. The molecule has 1 aliphatic rings. The van der Waals surface area contributed by atoms with Crippen LogP contribution in [-0.2, 0) is 0 Å². The molecule has 1 N–H and O–H groups in total. The number of allylic oxidation sites excluding steroid dienone is 1. The molecule has 0 aromatic rings. The standard InChI is InChI=1S/C12H20N2O/c1-4-10(2)13-12(15)9-11(3)14-7-5-6-8-14/h9,15H,3-8H2,1-2H3/b12-9+,13-10+. The number of hydrogen-bond donors (Lipinski definition) is 1. The molecule has 0 atom stereocenters. The number of likely N-dealkylation sites (tertiary alicyclic amines) is 1. The van der Waals surface area contributed by atoms with Crippen LogP contribution in [0.25, 0.3) is 0 Å². The third-order valence-corrected chi connectivity index (χ3v) is 2.63. The maximum Gasteiger partial charge on any atom is 0.212 e. The quantitative estimate of drug-likeness (QED) is 0.438. The monoisotopic (exact) mass is 208 g/mol. The zero-order valence-electron chi connectivity index (χ0n) is 9.66. The first-order chi connectivity index (χ1) is 7.13. The summed E-state index contributed by atoms with van der Waals surface area (Å²) < 4.78 is 0. The van der Waals surface area contributed by atoms with Crippen molar-refractivity contribution in [3.63, 3.8) is 0 Å².